The van der Waals surface area contributed by atoms with Gasteiger partial charge in [0.05, 0.1) is 23.2 Å². The molecule has 1 N–H and O–H groups in total. The standard InChI is InChI=1S/C12H15N3O3/c1-12(2,3)7-18-11-5-9-8(6-13-14-9)4-10(11)15(16)17/h4-6H,7H2,1-3H3,(H,13,14). The number of H-pyrrole nitrogens is 1. The Morgan fingerprint density at radius 3 is 2.78 bits per heavy atom. The van der Waals surface area contributed by atoms with E-state index < -0.39 is 4.92 Å². The first-order valence-corrected chi connectivity index (χ1v) is 5.61. The highest BCUT2D eigenvalue weighted by molar-refractivity contribution is 5.83. The first kappa shape index (κ1) is 12.3. The zero-order valence-corrected chi connectivity index (χ0v) is 10.6. The van der Waals surface area contributed by atoms with Crippen molar-refractivity contribution in [3.8, 4) is 5.75 Å². The van der Waals surface area contributed by atoms with Crippen molar-refractivity contribution in [3.63, 3.8) is 0 Å². The minimum atomic E-state index is -0.440. The van der Waals surface area contributed by atoms with Gasteiger partial charge in [0.25, 0.3) is 0 Å². The van der Waals surface area contributed by atoms with Gasteiger partial charge in [0.15, 0.2) is 5.75 Å². The molecule has 0 spiro atoms. The van der Waals surface area contributed by atoms with Gasteiger partial charge in [-0.15, -0.1) is 0 Å². The number of rotatable bonds is 3. The van der Waals surface area contributed by atoms with Gasteiger partial charge in [0.2, 0.25) is 0 Å². The van der Waals surface area contributed by atoms with E-state index in [1.54, 1.807) is 12.3 Å². The number of nitro benzene ring substituents is 1. The Bertz CT molecular complexity index is 584. The van der Waals surface area contributed by atoms with Crippen molar-refractivity contribution < 1.29 is 9.66 Å². The number of nitrogens with one attached hydrogen (secondary N) is 1. The van der Waals surface area contributed by atoms with Gasteiger partial charge in [-0.3, -0.25) is 15.2 Å². The lowest BCUT2D eigenvalue weighted by Gasteiger charge is -2.18. The SMILES string of the molecule is CC(C)(C)COc1cc2[nH]ncc2cc1[N+](=O)[O-]. The van der Waals surface area contributed by atoms with Crippen LogP contribution in [0.4, 0.5) is 5.69 Å². The van der Waals surface area contributed by atoms with Crippen LogP contribution in [0.15, 0.2) is 18.3 Å². The number of fused-ring (bicyclic) bond motifs is 1. The fourth-order valence-electron chi connectivity index (χ4n) is 1.51. The van der Waals surface area contributed by atoms with Crippen LogP contribution in [0.2, 0.25) is 0 Å². The van der Waals surface area contributed by atoms with Crippen LogP contribution < -0.4 is 4.74 Å². The summed E-state index contributed by atoms with van der Waals surface area (Å²) in [7, 11) is 0. The van der Waals surface area contributed by atoms with Crippen LogP contribution in [-0.2, 0) is 0 Å². The lowest BCUT2D eigenvalue weighted by molar-refractivity contribution is -0.385. The van der Waals surface area contributed by atoms with Crippen LogP contribution in [0.5, 0.6) is 5.75 Å². The highest BCUT2D eigenvalue weighted by Gasteiger charge is 2.20. The predicted molar refractivity (Wildman–Crippen MR) is 67.7 cm³/mol. The number of nitrogens with zero attached hydrogens (tertiary/aromatic N) is 2. The first-order chi connectivity index (χ1) is 8.37. The van der Waals surface area contributed by atoms with E-state index in [2.05, 4.69) is 10.2 Å². The Morgan fingerprint density at radius 1 is 1.44 bits per heavy atom. The molecule has 2 rings (SSSR count). The quantitative estimate of drug-likeness (QED) is 0.669. The average molecular weight is 249 g/mol. The molecule has 0 saturated heterocycles. The van der Waals surface area contributed by atoms with Gasteiger partial charge in [-0.05, 0) is 5.41 Å². The number of ether oxygens (including phenoxy) is 1. The summed E-state index contributed by atoms with van der Waals surface area (Å²) in [6.07, 6.45) is 1.55. The van der Waals surface area contributed by atoms with Crippen molar-refractivity contribution in [1.82, 2.24) is 10.2 Å². The maximum absolute atomic E-state index is 11.0. The molecule has 0 radical (unpaired) electrons. The fourth-order valence-corrected chi connectivity index (χ4v) is 1.51. The van der Waals surface area contributed by atoms with Crippen molar-refractivity contribution in [2.45, 2.75) is 20.8 Å². The Hall–Kier alpha value is -2.11. The van der Waals surface area contributed by atoms with Gasteiger partial charge in [-0.25, -0.2) is 0 Å². The van der Waals surface area contributed by atoms with E-state index in [9.17, 15) is 10.1 Å². The molecular weight excluding hydrogens is 234 g/mol. The van der Waals surface area contributed by atoms with Gasteiger partial charge < -0.3 is 4.74 Å². The highest BCUT2D eigenvalue weighted by atomic mass is 16.6. The van der Waals surface area contributed by atoms with Crippen molar-refractivity contribution in [1.29, 1.82) is 0 Å². The Morgan fingerprint density at radius 2 is 2.17 bits per heavy atom. The van der Waals surface area contributed by atoms with Crippen molar-refractivity contribution in [2.24, 2.45) is 5.41 Å². The van der Waals surface area contributed by atoms with E-state index in [0.717, 1.165) is 5.52 Å². The van der Waals surface area contributed by atoms with E-state index >= 15 is 0 Å². The normalized spacial score (nSPS) is 11.7. The predicted octanol–water partition coefficient (Wildman–Crippen LogP) is 2.90. The summed E-state index contributed by atoms with van der Waals surface area (Å²) in [5.41, 5.74) is 0.634. The zero-order chi connectivity index (χ0) is 13.3. The maximum atomic E-state index is 11.0. The molecule has 6 heteroatoms. The molecule has 0 aliphatic heterocycles. The molecule has 96 valence electrons. The van der Waals surface area contributed by atoms with E-state index in [-0.39, 0.29) is 16.9 Å². The molecule has 18 heavy (non-hydrogen) atoms. The third-order valence-corrected chi connectivity index (χ3v) is 2.38. The van der Waals surface area contributed by atoms with Crippen LogP contribution in [0.25, 0.3) is 10.9 Å². The molecule has 0 aliphatic carbocycles. The molecule has 0 fully saturated rings. The van der Waals surface area contributed by atoms with Crippen LogP contribution in [0.1, 0.15) is 20.8 Å². The lowest BCUT2D eigenvalue weighted by atomic mass is 9.99. The van der Waals surface area contributed by atoms with Crippen LogP contribution in [0, 0.1) is 15.5 Å². The topological polar surface area (TPSA) is 81.0 Å². The molecule has 1 aromatic heterocycles. The third-order valence-electron chi connectivity index (χ3n) is 2.38. The van der Waals surface area contributed by atoms with E-state index in [1.807, 2.05) is 20.8 Å². The zero-order valence-electron chi connectivity index (χ0n) is 10.6. The second-order valence-electron chi connectivity index (χ2n) is 5.38. The molecular formula is C12H15N3O3. The molecule has 0 amide bonds. The third kappa shape index (κ3) is 2.58. The number of benzene rings is 1. The highest BCUT2D eigenvalue weighted by Crippen LogP contribution is 2.32. The van der Waals surface area contributed by atoms with Crippen molar-refractivity contribution >= 4 is 16.6 Å². The number of aromatic nitrogens is 2. The summed E-state index contributed by atoms with van der Waals surface area (Å²) < 4.78 is 5.55. The summed E-state index contributed by atoms with van der Waals surface area (Å²) in [5, 5.41) is 18.3. The summed E-state index contributed by atoms with van der Waals surface area (Å²) in [6.45, 7) is 6.43. The van der Waals surface area contributed by atoms with Gasteiger partial charge in [0.1, 0.15) is 0 Å². The van der Waals surface area contributed by atoms with Crippen LogP contribution in [0.3, 0.4) is 0 Å². The minimum Gasteiger partial charge on any atom is -0.486 e. The van der Waals surface area contributed by atoms with Crippen LogP contribution >= 0.6 is 0 Å². The van der Waals surface area contributed by atoms with Crippen molar-refractivity contribution in [3.05, 3.63) is 28.4 Å². The molecule has 0 bridgehead atoms. The van der Waals surface area contributed by atoms with E-state index in [0.29, 0.717) is 12.0 Å². The van der Waals surface area contributed by atoms with Gasteiger partial charge in [-0.2, -0.15) is 5.10 Å². The van der Waals surface area contributed by atoms with E-state index in [1.165, 1.54) is 6.07 Å². The Labute approximate surface area is 104 Å². The Kier molecular flexibility index (Phi) is 2.94. The number of hydrogen-bond acceptors (Lipinski definition) is 4. The van der Waals surface area contributed by atoms with Gasteiger partial charge in [0, 0.05) is 17.5 Å². The van der Waals surface area contributed by atoms with Crippen molar-refractivity contribution in [2.75, 3.05) is 6.61 Å². The Balaban J connectivity index is 2.39. The largest absolute Gasteiger partial charge is 0.486 e. The summed E-state index contributed by atoms with van der Waals surface area (Å²) in [6, 6.07) is 3.09. The molecule has 2 aromatic rings. The summed E-state index contributed by atoms with van der Waals surface area (Å²) >= 11 is 0. The first-order valence-electron chi connectivity index (χ1n) is 5.61. The molecule has 0 unspecified atom stereocenters. The maximum Gasteiger partial charge on any atom is 0.311 e. The van der Waals surface area contributed by atoms with Gasteiger partial charge in [-0.1, -0.05) is 20.8 Å². The number of hydrogen-bond donors (Lipinski definition) is 1. The molecule has 6 nitrogen and oxygen atoms in total. The number of aromatic amines is 1. The summed E-state index contributed by atoms with van der Waals surface area (Å²) in [5.74, 6) is 0.270. The minimum absolute atomic E-state index is 0.0341. The smallest absolute Gasteiger partial charge is 0.311 e. The van der Waals surface area contributed by atoms with E-state index in [4.69, 9.17) is 4.74 Å². The molecule has 1 heterocycles. The molecule has 0 aliphatic rings. The summed E-state index contributed by atoms with van der Waals surface area (Å²) in [4.78, 5) is 10.6. The fraction of sp³-hybridized carbons (Fsp3) is 0.417. The average Bonchev–Trinajstić information content (AvgIpc) is 2.70. The monoisotopic (exact) mass is 249 g/mol. The number of nitro groups is 1. The second kappa shape index (κ2) is 4.29. The molecule has 0 atom stereocenters. The van der Waals surface area contributed by atoms with Crippen LogP contribution in [-0.4, -0.2) is 21.7 Å². The lowest BCUT2D eigenvalue weighted by Crippen LogP contribution is -2.17. The molecule has 1 aromatic carbocycles. The van der Waals surface area contributed by atoms with Gasteiger partial charge >= 0.3 is 5.69 Å². The second-order valence-corrected chi connectivity index (χ2v) is 5.38. The molecule has 0 saturated carbocycles.